The molecule has 0 aromatic carbocycles. The number of aromatic nitrogens is 8. The molecule has 0 radical (unpaired) electrons. The molecule has 2 amide bonds. The Morgan fingerprint density at radius 3 is 1.48 bits per heavy atom. The van der Waals surface area contributed by atoms with Gasteiger partial charge in [-0.05, 0) is 0 Å². The number of H-pyrrole nitrogens is 4. The van der Waals surface area contributed by atoms with Gasteiger partial charge in [-0.2, -0.15) is 0 Å². The van der Waals surface area contributed by atoms with Crippen LogP contribution >= 0.6 is 22.7 Å². The summed E-state index contributed by atoms with van der Waals surface area (Å²) >= 11 is 2.25. The van der Waals surface area contributed by atoms with E-state index in [0.29, 0.717) is 49.3 Å². The Labute approximate surface area is 229 Å². The monoisotopic (exact) mass is 592 g/mol. The van der Waals surface area contributed by atoms with E-state index in [1.165, 1.54) is 0 Å². The minimum Gasteiger partial charge on any atom is -0.379 e. The van der Waals surface area contributed by atoms with Crippen molar-refractivity contribution in [3.05, 3.63) is 75.2 Å². The number of nitrogens with zero attached hydrogens (tertiary/aromatic N) is 4. The predicted molar refractivity (Wildman–Crippen MR) is 140 cm³/mol. The van der Waals surface area contributed by atoms with Crippen LogP contribution in [0, 0.1) is 0 Å². The number of anilines is 2. The van der Waals surface area contributed by atoms with Crippen LogP contribution in [-0.4, -0.2) is 78.6 Å². The molecule has 0 aliphatic heterocycles. The van der Waals surface area contributed by atoms with E-state index >= 15 is 0 Å². The van der Waals surface area contributed by atoms with Crippen molar-refractivity contribution in [2.24, 2.45) is 0 Å². The molecule has 0 fully saturated rings. The number of ether oxygens (including phenoxy) is 2. The minimum atomic E-state index is -0.795. The number of rotatable bonds is 13. The molecule has 0 aliphatic carbocycles. The highest BCUT2D eigenvalue weighted by Gasteiger charge is 2.13. The van der Waals surface area contributed by atoms with Gasteiger partial charge in [0.2, 0.25) is 10.3 Å². The molecule has 4 aromatic heterocycles. The highest BCUT2D eigenvalue weighted by molar-refractivity contribution is 7.15. The van der Waals surface area contributed by atoms with Crippen LogP contribution in [0.1, 0.15) is 31.0 Å². The second-order valence-electron chi connectivity index (χ2n) is 7.64. The lowest BCUT2D eigenvalue weighted by atomic mass is 10.4. The van der Waals surface area contributed by atoms with Crippen LogP contribution in [-0.2, 0) is 22.3 Å². The Kier molecular flexibility index (Phi) is 9.51. The maximum absolute atomic E-state index is 12.1. The van der Waals surface area contributed by atoms with Gasteiger partial charge in [-0.15, -0.1) is 20.4 Å². The first-order valence-electron chi connectivity index (χ1n) is 11.4. The van der Waals surface area contributed by atoms with Crippen LogP contribution < -0.4 is 33.1 Å². The van der Waals surface area contributed by atoms with E-state index < -0.39 is 34.3 Å². The lowest BCUT2D eigenvalue weighted by molar-refractivity contribution is 0.0500. The second kappa shape index (κ2) is 13.4. The van der Waals surface area contributed by atoms with Gasteiger partial charge in [0.25, 0.3) is 22.9 Å². The van der Waals surface area contributed by atoms with E-state index in [9.17, 15) is 28.8 Å². The molecule has 0 atom stereocenters. The zero-order chi connectivity index (χ0) is 28.5. The highest BCUT2D eigenvalue weighted by atomic mass is 32.1. The lowest BCUT2D eigenvalue weighted by Crippen LogP contribution is -2.27. The van der Waals surface area contributed by atoms with Gasteiger partial charge in [-0.3, -0.25) is 39.8 Å². The maximum Gasteiger partial charge on any atom is 0.326 e. The molecule has 4 heterocycles. The molecule has 0 bridgehead atoms. The van der Waals surface area contributed by atoms with Gasteiger partial charge in [0, 0.05) is 25.0 Å². The number of carbonyl (C=O) groups is 2. The van der Waals surface area contributed by atoms with Crippen molar-refractivity contribution >= 4 is 44.8 Å². The van der Waals surface area contributed by atoms with Crippen LogP contribution in [0.3, 0.4) is 0 Å². The standard InChI is InChI=1S/C20H20N10O8S2/c31-11-7-9(21-17(35)23-11)15(33)25-19-29-27-13(39-19)1-3-37-5-6-38-4-2-14-28-30-20(40-14)26-16(34)10-8-12(32)24-18(36)22-10/h7-8H,1-6H2,(H,25,29,33)(H,26,30,34)(H2,21,23,31,35)(H2,22,24,32,36). The van der Waals surface area contributed by atoms with Crippen molar-refractivity contribution in [2.75, 3.05) is 37.1 Å². The van der Waals surface area contributed by atoms with Crippen molar-refractivity contribution in [3.8, 4) is 0 Å². The van der Waals surface area contributed by atoms with E-state index in [-0.39, 0.29) is 21.7 Å². The fraction of sp³-hybridized carbons (Fsp3) is 0.300. The van der Waals surface area contributed by atoms with Crippen LogP contribution in [0.25, 0.3) is 0 Å². The molecule has 18 nitrogen and oxygen atoms in total. The van der Waals surface area contributed by atoms with Crippen molar-refractivity contribution in [3.63, 3.8) is 0 Å². The summed E-state index contributed by atoms with van der Waals surface area (Å²) in [6, 6.07) is 1.92. The van der Waals surface area contributed by atoms with E-state index in [4.69, 9.17) is 9.47 Å². The average molecular weight is 593 g/mol. The fourth-order valence-corrected chi connectivity index (χ4v) is 4.39. The Bertz CT molecular complexity index is 1540. The van der Waals surface area contributed by atoms with Gasteiger partial charge in [-0.25, -0.2) is 9.59 Å². The summed E-state index contributed by atoms with van der Waals surface area (Å²) in [5.74, 6) is -1.40. The molecule has 0 aliphatic rings. The molecule has 6 N–H and O–H groups in total. The molecule has 4 aromatic rings. The third kappa shape index (κ3) is 8.42. The van der Waals surface area contributed by atoms with E-state index in [0.717, 1.165) is 34.8 Å². The molecule has 20 heteroatoms. The molecule has 0 saturated heterocycles. The Hall–Kier alpha value is -4.66. The van der Waals surface area contributed by atoms with Crippen molar-refractivity contribution < 1.29 is 19.1 Å². The van der Waals surface area contributed by atoms with Crippen LogP contribution in [0.15, 0.2) is 31.3 Å². The van der Waals surface area contributed by atoms with E-state index in [2.05, 4.69) is 41.0 Å². The Morgan fingerprint density at radius 1 is 0.650 bits per heavy atom. The molecule has 0 unspecified atom stereocenters. The number of aromatic amines is 4. The van der Waals surface area contributed by atoms with E-state index in [1.807, 2.05) is 9.97 Å². The van der Waals surface area contributed by atoms with Crippen LogP contribution in [0.4, 0.5) is 10.3 Å². The lowest BCUT2D eigenvalue weighted by Gasteiger charge is -2.04. The highest BCUT2D eigenvalue weighted by Crippen LogP contribution is 2.17. The smallest absolute Gasteiger partial charge is 0.326 e. The summed E-state index contributed by atoms with van der Waals surface area (Å²) in [5.41, 5.74) is -3.39. The zero-order valence-electron chi connectivity index (χ0n) is 20.3. The third-order valence-electron chi connectivity index (χ3n) is 4.68. The number of carbonyl (C=O) groups excluding carboxylic acids is 2. The van der Waals surface area contributed by atoms with Gasteiger partial charge in [0.1, 0.15) is 21.4 Å². The third-order valence-corrected chi connectivity index (χ3v) is 6.47. The summed E-state index contributed by atoms with van der Waals surface area (Å²) in [4.78, 5) is 77.9. The molecule has 210 valence electrons. The van der Waals surface area contributed by atoms with Gasteiger partial charge in [-0.1, -0.05) is 22.7 Å². The molecular weight excluding hydrogens is 572 g/mol. The summed E-state index contributed by atoms with van der Waals surface area (Å²) in [5, 5.41) is 22.2. The Balaban J connectivity index is 1.09. The summed E-state index contributed by atoms with van der Waals surface area (Å²) in [6.07, 6.45) is 0.889. The summed E-state index contributed by atoms with van der Waals surface area (Å²) in [7, 11) is 0. The first-order chi connectivity index (χ1) is 19.2. The molecule has 0 saturated carbocycles. The molecule has 40 heavy (non-hydrogen) atoms. The second-order valence-corrected chi connectivity index (χ2v) is 9.76. The van der Waals surface area contributed by atoms with Crippen LogP contribution in [0.2, 0.25) is 0 Å². The predicted octanol–water partition coefficient (Wildman–Crippen LogP) is -1.53. The first-order valence-corrected chi connectivity index (χ1v) is 13.0. The van der Waals surface area contributed by atoms with Gasteiger partial charge < -0.3 is 19.4 Å². The zero-order valence-corrected chi connectivity index (χ0v) is 21.9. The van der Waals surface area contributed by atoms with Gasteiger partial charge >= 0.3 is 11.4 Å². The van der Waals surface area contributed by atoms with Crippen molar-refractivity contribution in [1.82, 2.24) is 40.3 Å². The minimum absolute atomic E-state index is 0.201. The first kappa shape index (κ1) is 28.4. The molecule has 4 rings (SSSR count). The normalized spacial score (nSPS) is 10.9. The van der Waals surface area contributed by atoms with Crippen molar-refractivity contribution in [1.29, 1.82) is 0 Å². The molecular formula is C20H20N10O8S2. The number of hydrogen-bond acceptors (Lipinski definition) is 14. The van der Waals surface area contributed by atoms with E-state index in [1.54, 1.807) is 0 Å². The topological polar surface area (TPSA) is 260 Å². The number of nitrogens with one attached hydrogen (secondary N) is 6. The number of amides is 2. The maximum atomic E-state index is 12.1. The van der Waals surface area contributed by atoms with Crippen LogP contribution in [0.5, 0.6) is 0 Å². The van der Waals surface area contributed by atoms with Gasteiger partial charge in [0.05, 0.1) is 26.4 Å². The quantitative estimate of drug-likeness (QED) is 0.0966. The number of hydrogen-bond donors (Lipinski definition) is 6. The largest absolute Gasteiger partial charge is 0.379 e. The fourth-order valence-electron chi connectivity index (χ4n) is 2.96. The van der Waals surface area contributed by atoms with Crippen molar-refractivity contribution in [2.45, 2.75) is 12.8 Å². The summed E-state index contributed by atoms with van der Waals surface area (Å²) in [6.45, 7) is 1.32. The summed E-state index contributed by atoms with van der Waals surface area (Å²) < 4.78 is 11.0. The van der Waals surface area contributed by atoms with Gasteiger partial charge in [0.15, 0.2) is 0 Å². The SMILES string of the molecule is O=C(Nc1nnc(CCOCCOCCc2nnc(NC(=O)c3cc(=O)[nH]c(=O)[nH]3)s2)s1)c1cc(=O)[nH]c(=O)[nH]1. The average Bonchev–Trinajstić information content (AvgIpc) is 3.53. The molecule has 0 spiro atoms. The Morgan fingerprint density at radius 2 is 1.07 bits per heavy atom.